The first-order chi connectivity index (χ1) is 6.15. The molecule has 0 N–H and O–H groups in total. The quantitative estimate of drug-likeness (QED) is 0.608. The Morgan fingerprint density at radius 1 is 1.38 bits per heavy atom. The fourth-order valence-corrected chi connectivity index (χ4v) is 1.67. The number of benzene rings is 1. The third-order valence-corrected chi connectivity index (χ3v) is 2.49. The lowest BCUT2D eigenvalue weighted by molar-refractivity contribution is 0.774. The Morgan fingerprint density at radius 2 is 2.08 bits per heavy atom. The van der Waals surface area contributed by atoms with Gasteiger partial charge in [-0.25, -0.2) is 0 Å². The van der Waals surface area contributed by atoms with Crippen LogP contribution in [0.15, 0.2) is 30.9 Å². The molecule has 1 atom stereocenters. The molecule has 1 rings (SSSR count). The summed E-state index contributed by atoms with van der Waals surface area (Å²) < 4.78 is 0. The van der Waals surface area contributed by atoms with Gasteiger partial charge in [0.05, 0.1) is 0 Å². The molecule has 0 spiro atoms. The van der Waals surface area contributed by atoms with Gasteiger partial charge in [0.2, 0.25) is 0 Å². The van der Waals surface area contributed by atoms with Crippen LogP contribution in [0.2, 0.25) is 0 Å². The van der Waals surface area contributed by atoms with Gasteiger partial charge >= 0.3 is 0 Å². The third-order valence-electron chi connectivity index (χ3n) is 2.49. The number of rotatable bonds is 3. The van der Waals surface area contributed by atoms with Gasteiger partial charge in [0.25, 0.3) is 0 Å². The predicted octanol–water partition coefficient (Wildman–Crippen LogP) is 3.98. The average molecular weight is 174 g/mol. The minimum Gasteiger partial charge on any atom is -0.103 e. The molecule has 70 valence electrons. The molecule has 0 aliphatic carbocycles. The van der Waals surface area contributed by atoms with E-state index in [0.717, 1.165) is 6.42 Å². The van der Waals surface area contributed by atoms with E-state index in [4.69, 9.17) is 0 Å². The zero-order valence-corrected chi connectivity index (χ0v) is 8.80. The first-order valence-corrected chi connectivity index (χ1v) is 4.83. The molecule has 0 saturated carbocycles. The molecule has 0 heteroatoms. The molecule has 0 heterocycles. The second-order valence-corrected chi connectivity index (χ2v) is 3.79. The lowest BCUT2D eigenvalue weighted by Gasteiger charge is -2.13. The van der Waals surface area contributed by atoms with Crippen LogP contribution in [0.25, 0.3) is 0 Å². The lowest BCUT2D eigenvalue weighted by Crippen LogP contribution is -1.95. The Labute approximate surface area is 81.3 Å². The molecule has 0 radical (unpaired) electrons. The van der Waals surface area contributed by atoms with Crippen LogP contribution in [-0.2, 0) is 0 Å². The Kier molecular flexibility index (Phi) is 3.30. The van der Waals surface area contributed by atoms with Gasteiger partial charge in [0.1, 0.15) is 0 Å². The van der Waals surface area contributed by atoms with Crippen molar-refractivity contribution in [3.05, 3.63) is 47.5 Å². The van der Waals surface area contributed by atoms with Crippen molar-refractivity contribution in [3.63, 3.8) is 0 Å². The van der Waals surface area contributed by atoms with Crippen LogP contribution < -0.4 is 0 Å². The number of aryl methyl sites for hydroxylation is 2. The smallest absolute Gasteiger partial charge is 0.0153 e. The van der Waals surface area contributed by atoms with Gasteiger partial charge < -0.3 is 0 Å². The van der Waals surface area contributed by atoms with E-state index >= 15 is 0 Å². The van der Waals surface area contributed by atoms with E-state index in [1.807, 2.05) is 6.08 Å². The molecule has 0 saturated heterocycles. The van der Waals surface area contributed by atoms with Gasteiger partial charge in [-0.15, -0.1) is 6.58 Å². The van der Waals surface area contributed by atoms with E-state index in [1.54, 1.807) is 0 Å². The molecule has 0 nitrogen and oxygen atoms in total. The van der Waals surface area contributed by atoms with Gasteiger partial charge in [-0.05, 0) is 37.3 Å². The predicted molar refractivity (Wildman–Crippen MR) is 59.1 cm³/mol. The first kappa shape index (κ1) is 10.0. The molecule has 0 aromatic heterocycles. The Hall–Kier alpha value is -1.04. The largest absolute Gasteiger partial charge is 0.103 e. The van der Waals surface area contributed by atoms with E-state index in [-0.39, 0.29) is 0 Å². The van der Waals surface area contributed by atoms with Gasteiger partial charge in [-0.1, -0.05) is 36.8 Å². The molecule has 0 bridgehead atoms. The summed E-state index contributed by atoms with van der Waals surface area (Å²) in [5.74, 6) is 0.595. The molecular formula is C13H18. The second-order valence-electron chi connectivity index (χ2n) is 3.79. The minimum atomic E-state index is 0.595. The van der Waals surface area contributed by atoms with E-state index in [0.29, 0.717) is 5.92 Å². The number of hydrogen-bond acceptors (Lipinski definition) is 0. The van der Waals surface area contributed by atoms with Crippen LogP contribution in [-0.4, -0.2) is 0 Å². The van der Waals surface area contributed by atoms with Gasteiger partial charge in [0, 0.05) is 0 Å². The first-order valence-electron chi connectivity index (χ1n) is 4.83. The SMILES string of the molecule is C=CCC(C)c1cc(C)ccc1C. The van der Waals surface area contributed by atoms with Crippen molar-refractivity contribution in [2.24, 2.45) is 0 Å². The molecule has 1 unspecified atom stereocenters. The van der Waals surface area contributed by atoms with Gasteiger partial charge in [-0.3, -0.25) is 0 Å². The summed E-state index contributed by atoms with van der Waals surface area (Å²) in [5.41, 5.74) is 4.19. The minimum absolute atomic E-state index is 0.595. The van der Waals surface area contributed by atoms with E-state index in [1.165, 1.54) is 16.7 Å². The van der Waals surface area contributed by atoms with Crippen LogP contribution in [0.5, 0.6) is 0 Å². The standard InChI is InChI=1S/C13H18/c1-5-6-11(3)13-9-10(2)7-8-12(13)4/h5,7-9,11H,1,6H2,2-4H3. The highest BCUT2D eigenvalue weighted by atomic mass is 14.1. The molecule has 1 aromatic carbocycles. The van der Waals surface area contributed by atoms with Crippen molar-refractivity contribution < 1.29 is 0 Å². The molecule has 0 aliphatic heterocycles. The third kappa shape index (κ3) is 2.45. The van der Waals surface area contributed by atoms with Crippen molar-refractivity contribution in [3.8, 4) is 0 Å². The molecular weight excluding hydrogens is 156 g/mol. The highest BCUT2D eigenvalue weighted by Crippen LogP contribution is 2.23. The zero-order valence-electron chi connectivity index (χ0n) is 8.80. The summed E-state index contributed by atoms with van der Waals surface area (Å²) in [6.45, 7) is 10.3. The maximum atomic E-state index is 3.78. The molecule has 0 aliphatic rings. The van der Waals surface area contributed by atoms with E-state index < -0.39 is 0 Å². The molecule has 13 heavy (non-hydrogen) atoms. The van der Waals surface area contributed by atoms with Gasteiger partial charge in [0.15, 0.2) is 0 Å². The summed E-state index contributed by atoms with van der Waals surface area (Å²) in [6, 6.07) is 6.65. The van der Waals surface area contributed by atoms with E-state index in [9.17, 15) is 0 Å². The normalized spacial score (nSPS) is 12.5. The lowest BCUT2D eigenvalue weighted by atomic mass is 9.92. The number of allylic oxidation sites excluding steroid dienone is 1. The van der Waals surface area contributed by atoms with E-state index in [2.05, 4.69) is 45.5 Å². The van der Waals surface area contributed by atoms with Gasteiger partial charge in [-0.2, -0.15) is 0 Å². The van der Waals surface area contributed by atoms with Crippen LogP contribution in [0.4, 0.5) is 0 Å². The Morgan fingerprint density at radius 3 is 2.69 bits per heavy atom. The van der Waals surface area contributed by atoms with Crippen molar-refractivity contribution in [2.45, 2.75) is 33.1 Å². The summed E-state index contributed by atoms with van der Waals surface area (Å²) >= 11 is 0. The molecule has 0 fully saturated rings. The summed E-state index contributed by atoms with van der Waals surface area (Å²) in [6.07, 6.45) is 3.05. The van der Waals surface area contributed by atoms with Crippen molar-refractivity contribution in [1.29, 1.82) is 0 Å². The average Bonchev–Trinajstić information content (AvgIpc) is 2.09. The van der Waals surface area contributed by atoms with Crippen molar-refractivity contribution >= 4 is 0 Å². The summed E-state index contributed by atoms with van der Waals surface area (Å²) in [7, 11) is 0. The Bertz CT molecular complexity index is 297. The second kappa shape index (κ2) is 4.27. The summed E-state index contributed by atoms with van der Waals surface area (Å²) in [5, 5.41) is 0. The maximum absolute atomic E-state index is 3.78. The van der Waals surface area contributed by atoms with Crippen molar-refractivity contribution in [2.75, 3.05) is 0 Å². The molecule has 0 amide bonds. The Balaban J connectivity index is 2.97. The fourth-order valence-electron chi connectivity index (χ4n) is 1.67. The van der Waals surface area contributed by atoms with Crippen LogP contribution in [0.1, 0.15) is 36.0 Å². The monoisotopic (exact) mass is 174 g/mol. The van der Waals surface area contributed by atoms with Crippen molar-refractivity contribution in [1.82, 2.24) is 0 Å². The van der Waals surface area contributed by atoms with Crippen LogP contribution in [0.3, 0.4) is 0 Å². The zero-order chi connectivity index (χ0) is 9.84. The maximum Gasteiger partial charge on any atom is -0.0153 e. The highest BCUT2D eigenvalue weighted by molar-refractivity contribution is 5.33. The topological polar surface area (TPSA) is 0 Å². The highest BCUT2D eigenvalue weighted by Gasteiger charge is 2.06. The number of hydrogen-bond donors (Lipinski definition) is 0. The summed E-state index contributed by atoms with van der Waals surface area (Å²) in [4.78, 5) is 0. The molecule has 1 aromatic rings. The van der Waals surface area contributed by atoms with Crippen LogP contribution in [0, 0.1) is 13.8 Å². The fraction of sp³-hybridized carbons (Fsp3) is 0.385. The van der Waals surface area contributed by atoms with Crippen LogP contribution >= 0.6 is 0 Å².